The van der Waals surface area contributed by atoms with Gasteiger partial charge in [0.2, 0.25) is 0 Å². The smallest absolute Gasteiger partial charge is 0.0189 e. The topological polar surface area (TPSA) is 26.0 Å². The van der Waals surface area contributed by atoms with E-state index < -0.39 is 0 Å². The molecule has 0 aliphatic rings. The number of halogens is 1. The maximum atomic E-state index is 5.79. The molecular formula is C16H18BrNS. The summed E-state index contributed by atoms with van der Waals surface area (Å²) in [6.07, 6.45) is 0. The summed E-state index contributed by atoms with van der Waals surface area (Å²) in [7, 11) is 0. The largest absolute Gasteiger partial charge is 0.326 e. The summed E-state index contributed by atoms with van der Waals surface area (Å²) in [5, 5.41) is 0. The quantitative estimate of drug-likeness (QED) is 0.832. The summed E-state index contributed by atoms with van der Waals surface area (Å²) in [5.41, 5.74) is 8.34. The highest BCUT2D eigenvalue weighted by Crippen LogP contribution is 2.33. The van der Waals surface area contributed by atoms with Crippen LogP contribution in [0.1, 0.15) is 30.9 Å². The molecule has 3 heteroatoms. The lowest BCUT2D eigenvalue weighted by atomic mass is 10.0. The molecule has 0 aliphatic heterocycles. The van der Waals surface area contributed by atoms with Crippen molar-refractivity contribution in [2.45, 2.75) is 36.1 Å². The fourth-order valence-electron chi connectivity index (χ4n) is 1.84. The van der Waals surface area contributed by atoms with Crippen LogP contribution in [0.4, 0.5) is 0 Å². The summed E-state index contributed by atoms with van der Waals surface area (Å²) >= 11 is 5.28. The van der Waals surface area contributed by atoms with Gasteiger partial charge in [0.1, 0.15) is 0 Å². The molecule has 0 radical (unpaired) electrons. The Morgan fingerprint density at radius 2 is 1.79 bits per heavy atom. The van der Waals surface area contributed by atoms with Crippen molar-refractivity contribution >= 4 is 27.7 Å². The first-order valence-electron chi connectivity index (χ1n) is 6.36. The molecule has 1 nitrogen and oxygen atoms in total. The van der Waals surface area contributed by atoms with Crippen LogP contribution in [0, 0.1) is 0 Å². The van der Waals surface area contributed by atoms with Gasteiger partial charge >= 0.3 is 0 Å². The van der Waals surface area contributed by atoms with E-state index in [2.05, 4.69) is 66.2 Å². The van der Waals surface area contributed by atoms with Crippen LogP contribution in [0.15, 0.2) is 56.7 Å². The monoisotopic (exact) mass is 335 g/mol. The van der Waals surface area contributed by atoms with E-state index in [0.29, 0.717) is 12.5 Å². The van der Waals surface area contributed by atoms with Gasteiger partial charge in [-0.1, -0.05) is 59.7 Å². The summed E-state index contributed by atoms with van der Waals surface area (Å²) in [5.74, 6) is 0.574. The highest BCUT2D eigenvalue weighted by atomic mass is 79.9. The average molecular weight is 336 g/mol. The van der Waals surface area contributed by atoms with E-state index in [4.69, 9.17) is 5.73 Å². The van der Waals surface area contributed by atoms with E-state index in [-0.39, 0.29) is 0 Å². The van der Waals surface area contributed by atoms with Crippen molar-refractivity contribution in [1.82, 2.24) is 0 Å². The van der Waals surface area contributed by atoms with Gasteiger partial charge in [-0.15, -0.1) is 0 Å². The predicted octanol–water partition coefficient (Wildman–Crippen LogP) is 5.18. The van der Waals surface area contributed by atoms with E-state index in [1.807, 2.05) is 6.07 Å². The SMILES string of the molecule is CC(C)c1ccc(Sc2cc(Br)ccc2CN)cc1. The molecule has 2 N–H and O–H groups in total. The standard InChI is InChI=1S/C16H18BrNS/c1-11(2)12-4-7-15(8-5-12)19-16-9-14(17)6-3-13(16)10-18/h3-9,11H,10,18H2,1-2H3. The summed E-state index contributed by atoms with van der Waals surface area (Å²) in [6, 6.07) is 15.0. The van der Waals surface area contributed by atoms with Crippen molar-refractivity contribution < 1.29 is 0 Å². The molecule has 0 heterocycles. The van der Waals surface area contributed by atoms with Gasteiger partial charge in [-0.3, -0.25) is 0 Å². The first-order chi connectivity index (χ1) is 9.10. The van der Waals surface area contributed by atoms with Crippen molar-refractivity contribution in [1.29, 1.82) is 0 Å². The molecule has 0 fully saturated rings. The average Bonchev–Trinajstić information content (AvgIpc) is 2.39. The highest BCUT2D eigenvalue weighted by molar-refractivity contribution is 9.10. The lowest BCUT2D eigenvalue weighted by Gasteiger charge is -2.10. The Bertz CT molecular complexity index is 549. The lowest BCUT2D eigenvalue weighted by molar-refractivity contribution is 0.865. The van der Waals surface area contributed by atoms with Gasteiger partial charge in [-0.2, -0.15) is 0 Å². The number of hydrogen-bond donors (Lipinski definition) is 1. The molecule has 0 aliphatic carbocycles. The summed E-state index contributed by atoms with van der Waals surface area (Å²) in [4.78, 5) is 2.46. The van der Waals surface area contributed by atoms with E-state index in [9.17, 15) is 0 Å². The van der Waals surface area contributed by atoms with E-state index in [1.54, 1.807) is 11.8 Å². The molecule has 0 saturated heterocycles. The third kappa shape index (κ3) is 3.85. The third-order valence-electron chi connectivity index (χ3n) is 3.02. The Hall–Kier alpha value is -0.770. The molecule has 0 aromatic heterocycles. The zero-order valence-corrected chi connectivity index (χ0v) is 13.6. The van der Waals surface area contributed by atoms with Gasteiger partial charge in [0.15, 0.2) is 0 Å². The van der Waals surface area contributed by atoms with Crippen molar-refractivity contribution in [3.05, 3.63) is 58.1 Å². The molecule has 2 aromatic rings. The normalized spacial score (nSPS) is 11.0. The number of nitrogens with two attached hydrogens (primary N) is 1. The Morgan fingerprint density at radius 3 is 2.37 bits per heavy atom. The van der Waals surface area contributed by atoms with Crippen molar-refractivity contribution in [2.75, 3.05) is 0 Å². The van der Waals surface area contributed by atoms with E-state index in [0.717, 1.165) is 4.47 Å². The molecule has 0 spiro atoms. The van der Waals surface area contributed by atoms with Gasteiger partial charge < -0.3 is 5.73 Å². The van der Waals surface area contributed by atoms with E-state index in [1.165, 1.54) is 20.9 Å². The second-order valence-corrected chi connectivity index (χ2v) is 6.81. The van der Waals surface area contributed by atoms with Crippen LogP contribution in [-0.4, -0.2) is 0 Å². The van der Waals surface area contributed by atoms with Crippen LogP contribution in [0.25, 0.3) is 0 Å². The molecule has 100 valence electrons. The molecule has 2 aromatic carbocycles. The zero-order chi connectivity index (χ0) is 13.8. The van der Waals surface area contributed by atoms with Crippen molar-refractivity contribution in [3.8, 4) is 0 Å². The second-order valence-electron chi connectivity index (χ2n) is 4.78. The summed E-state index contributed by atoms with van der Waals surface area (Å²) < 4.78 is 1.09. The number of rotatable bonds is 4. The molecule has 0 atom stereocenters. The van der Waals surface area contributed by atoms with Gasteiger partial charge in [-0.25, -0.2) is 0 Å². The van der Waals surface area contributed by atoms with Crippen molar-refractivity contribution in [3.63, 3.8) is 0 Å². The Kier molecular flexibility index (Phi) is 5.08. The predicted molar refractivity (Wildman–Crippen MR) is 86.7 cm³/mol. The molecule has 19 heavy (non-hydrogen) atoms. The molecule has 0 amide bonds. The first kappa shape index (κ1) is 14.6. The highest BCUT2D eigenvalue weighted by Gasteiger charge is 2.05. The zero-order valence-electron chi connectivity index (χ0n) is 11.2. The van der Waals surface area contributed by atoms with Crippen LogP contribution in [0.5, 0.6) is 0 Å². The molecule has 0 saturated carbocycles. The number of benzene rings is 2. The molecule has 0 bridgehead atoms. The van der Waals surface area contributed by atoms with Crippen molar-refractivity contribution in [2.24, 2.45) is 5.73 Å². The Balaban J connectivity index is 2.23. The van der Waals surface area contributed by atoms with Gasteiger partial charge in [0.25, 0.3) is 0 Å². The van der Waals surface area contributed by atoms with Crippen LogP contribution < -0.4 is 5.73 Å². The van der Waals surface area contributed by atoms with Crippen LogP contribution in [0.3, 0.4) is 0 Å². The van der Waals surface area contributed by atoms with Gasteiger partial charge in [0, 0.05) is 20.8 Å². The molecule has 2 rings (SSSR count). The summed E-state index contributed by atoms with van der Waals surface area (Å²) in [6.45, 7) is 4.99. The minimum Gasteiger partial charge on any atom is -0.326 e. The first-order valence-corrected chi connectivity index (χ1v) is 7.97. The minimum absolute atomic E-state index is 0.569. The Morgan fingerprint density at radius 1 is 1.11 bits per heavy atom. The van der Waals surface area contributed by atoms with Crippen LogP contribution >= 0.6 is 27.7 Å². The van der Waals surface area contributed by atoms with Crippen LogP contribution in [-0.2, 0) is 6.54 Å². The second kappa shape index (κ2) is 6.60. The fraction of sp³-hybridized carbons (Fsp3) is 0.250. The molecular weight excluding hydrogens is 318 g/mol. The van der Waals surface area contributed by atoms with E-state index >= 15 is 0 Å². The maximum absolute atomic E-state index is 5.79. The van der Waals surface area contributed by atoms with Gasteiger partial charge in [0.05, 0.1) is 0 Å². The van der Waals surface area contributed by atoms with Crippen LogP contribution in [0.2, 0.25) is 0 Å². The fourth-order valence-corrected chi connectivity index (χ4v) is 3.35. The number of hydrogen-bond acceptors (Lipinski definition) is 2. The Labute approximate surface area is 127 Å². The third-order valence-corrected chi connectivity index (χ3v) is 4.62. The lowest BCUT2D eigenvalue weighted by Crippen LogP contribution is -1.98. The molecule has 0 unspecified atom stereocenters. The maximum Gasteiger partial charge on any atom is 0.0189 e. The minimum atomic E-state index is 0.569. The van der Waals surface area contributed by atoms with Gasteiger partial charge in [-0.05, 0) is 41.3 Å².